The number of carboxylic acids is 1. The minimum atomic E-state index is -2.45. The third-order valence-electron chi connectivity index (χ3n) is 3.69. The molecule has 0 saturated carbocycles. The minimum Gasteiger partial charge on any atom is -0.481 e. The van der Waals surface area contributed by atoms with Crippen LogP contribution in [0.3, 0.4) is 0 Å². The van der Waals surface area contributed by atoms with Crippen molar-refractivity contribution in [2.24, 2.45) is 11.8 Å². The molecule has 1 N–H and O–H groups in total. The maximum Gasteiger partial charge on any atom is 0.306 e. The van der Waals surface area contributed by atoms with Crippen LogP contribution in [-0.2, 0) is 11.3 Å². The smallest absolute Gasteiger partial charge is 0.306 e. The van der Waals surface area contributed by atoms with Crippen LogP contribution < -0.4 is 0 Å². The summed E-state index contributed by atoms with van der Waals surface area (Å²) in [6, 6.07) is 6.38. The SMILES string of the molecule is CC(C(=O)O)C1CN(Cc2cccc(C(F)F)c2)C1. The fraction of sp³-hybridized carbons (Fsp3) is 0.500. The van der Waals surface area contributed by atoms with Gasteiger partial charge in [0.2, 0.25) is 0 Å². The van der Waals surface area contributed by atoms with E-state index in [2.05, 4.69) is 4.90 Å². The second-order valence-corrected chi connectivity index (χ2v) is 5.13. The number of halogens is 2. The Kier molecular flexibility index (Phi) is 4.14. The van der Waals surface area contributed by atoms with Crippen molar-refractivity contribution >= 4 is 5.97 Å². The number of rotatable bonds is 5. The Balaban J connectivity index is 1.87. The molecule has 0 radical (unpaired) electrons. The van der Waals surface area contributed by atoms with Crippen molar-refractivity contribution in [1.82, 2.24) is 4.90 Å². The zero-order valence-corrected chi connectivity index (χ0v) is 10.7. The van der Waals surface area contributed by atoms with Gasteiger partial charge >= 0.3 is 5.97 Å². The van der Waals surface area contributed by atoms with Crippen LogP contribution in [0.2, 0.25) is 0 Å². The molecule has 1 unspecified atom stereocenters. The maximum atomic E-state index is 12.6. The number of carboxylic acid groups (broad SMARTS) is 1. The van der Waals surface area contributed by atoms with Crippen molar-refractivity contribution in [2.45, 2.75) is 19.9 Å². The number of hydrogen-bond donors (Lipinski definition) is 1. The van der Waals surface area contributed by atoms with Crippen LogP contribution >= 0.6 is 0 Å². The van der Waals surface area contributed by atoms with E-state index in [1.54, 1.807) is 13.0 Å². The molecule has 0 bridgehead atoms. The van der Waals surface area contributed by atoms with Crippen molar-refractivity contribution in [1.29, 1.82) is 0 Å². The van der Waals surface area contributed by atoms with Gasteiger partial charge in [0.1, 0.15) is 0 Å². The van der Waals surface area contributed by atoms with E-state index < -0.39 is 12.4 Å². The molecule has 5 heteroatoms. The highest BCUT2D eigenvalue weighted by molar-refractivity contribution is 5.70. The molecular formula is C14H17F2NO2. The van der Waals surface area contributed by atoms with Gasteiger partial charge in [-0.05, 0) is 17.5 Å². The average molecular weight is 269 g/mol. The van der Waals surface area contributed by atoms with E-state index in [-0.39, 0.29) is 17.4 Å². The fourth-order valence-electron chi connectivity index (χ4n) is 2.34. The topological polar surface area (TPSA) is 40.5 Å². The van der Waals surface area contributed by atoms with Gasteiger partial charge in [0.15, 0.2) is 0 Å². The molecule has 0 spiro atoms. The lowest BCUT2D eigenvalue weighted by Crippen LogP contribution is -2.50. The van der Waals surface area contributed by atoms with Crippen molar-refractivity contribution in [3.63, 3.8) is 0 Å². The Labute approximate surface area is 110 Å². The molecular weight excluding hydrogens is 252 g/mol. The normalized spacial score (nSPS) is 18.3. The number of aliphatic carboxylic acids is 1. The standard InChI is InChI=1S/C14H17F2NO2/c1-9(14(18)19)12-7-17(8-12)6-10-3-2-4-11(5-10)13(15)16/h2-5,9,12-13H,6-8H2,1H3,(H,18,19). The first-order valence-corrected chi connectivity index (χ1v) is 6.29. The lowest BCUT2D eigenvalue weighted by Gasteiger charge is -2.41. The monoisotopic (exact) mass is 269 g/mol. The number of likely N-dealkylation sites (tertiary alicyclic amines) is 1. The number of hydrogen-bond acceptors (Lipinski definition) is 2. The zero-order chi connectivity index (χ0) is 14.0. The second-order valence-electron chi connectivity index (χ2n) is 5.13. The summed E-state index contributed by atoms with van der Waals surface area (Å²) in [5.74, 6) is -0.955. The molecule has 1 aliphatic rings. The molecule has 0 aromatic heterocycles. The lowest BCUT2D eigenvalue weighted by atomic mass is 9.87. The molecule has 2 rings (SSSR count). The Morgan fingerprint density at radius 2 is 2.16 bits per heavy atom. The molecule has 1 aromatic rings. The predicted molar refractivity (Wildman–Crippen MR) is 67.0 cm³/mol. The summed E-state index contributed by atoms with van der Waals surface area (Å²) in [7, 11) is 0. The largest absolute Gasteiger partial charge is 0.481 e. The summed E-state index contributed by atoms with van der Waals surface area (Å²) in [5.41, 5.74) is 0.882. The van der Waals surface area contributed by atoms with Crippen molar-refractivity contribution in [3.8, 4) is 0 Å². The molecule has 3 nitrogen and oxygen atoms in total. The van der Waals surface area contributed by atoms with E-state index in [1.807, 2.05) is 6.07 Å². The number of benzene rings is 1. The first-order valence-electron chi connectivity index (χ1n) is 6.29. The summed E-state index contributed by atoms with van der Waals surface area (Å²) in [4.78, 5) is 12.9. The summed E-state index contributed by atoms with van der Waals surface area (Å²) >= 11 is 0. The Morgan fingerprint density at radius 1 is 1.47 bits per heavy atom. The summed E-state index contributed by atoms with van der Waals surface area (Å²) < 4.78 is 25.1. The van der Waals surface area contributed by atoms with Crippen LogP contribution in [0.1, 0.15) is 24.5 Å². The third kappa shape index (κ3) is 3.29. The van der Waals surface area contributed by atoms with E-state index in [1.165, 1.54) is 12.1 Å². The zero-order valence-electron chi connectivity index (χ0n) is 10.7. The number of nitrogens with zero attached hydrogens (tertiary/aromatic N) is 1. The van der Waals surface area contributed by atoms with E-state index in [4.69, 9.17) is 5.11 Å². The molecule has 1 aromatic carbocycles. The Bertz CT molecular complexity index is 459. The molecule has 104 valence electrons. The minimum absolute atomic E-state index is 0.0356. The van der Waals surface area contributed by atoms with E-state index in [0.717, 1.165) is 5.56 Å². The quantitative estimate of drug-likeness (QED) is 0.893. The highest BCUT2D eigenvalue weighted by atomic mass is 19.3. The van der Waals surface area contributed by atoms with Gasteiger partial charge in [-0.2, -0.15) is 0 Å². The number of alkyl halides is 2. The summed E-state index contributed by atoms with van der Waals surface area (Å²) in [5, 5.41) is 8.89. The van der Waals surface area contributed by atoms with Gasteiger partial charge in [-0.25, -0.2) is 8.78 Å². The summed E-state index contributed by atoms with van der Waals surface area (Å²) in [6.07, 6.45) is -2.45. The van der Waals surface area contributed by atoms with Gasteiger partial charge in [0, 0.05) is 25.2 Å². The first kappa shape index (κ1) is 13.9. The van der Waals surface area contributed by atoms with E-state index in [0.29, 0.717) is 19.6 Å². The van der Waals surface area contributed by atoms with Gasteiger partial charge < -0.3 is 5.11 Å². The maximum absolute atomic E-state index is 12.6. The molecule has 19 heavy (non-hydrogen) atoms. The van der Waals surface area contributed by atoms with Crippen LogP contribution in [0, 0.1) is 11.8 Å². The lowest BCUT2D eigenvalue weighted by molar-refractivity contribution is -0.145. The van der Waals surface area contributed by atoms with Crippen LogP contribution in [-0.4, -0.2) is 29.1 Å². The van der Waals surface area contributed by atoms with E-state index in [9.17, 15) is 13.6 Å². The molecule has 0 amide bonds. The molecule has 1 atom stereocenters. The van der Waals surface area contributed by atoms with Crippen LogP contribution in [0.4, 0.5) is 8.78 Å². The predicted octanol–water partition coefficient (Wildman–Crippen LogP) is 2.78. The molecule has 1 aliphatic heterocycles. The van der Waals surface area contributed by atoms with Gasteiger partial charge in [-0.15, -0.1) is 0 Å². The highest BCUT2D eigenvalue weighted by Gasteiger charge is 2.34. The average Bonchev–Trinajstić information content (AvgIpc) is 2.32. The third-order valence-corrected chi connectivity index (χ3v) is 3.69. The van der Waals surface area contributed by atoms with Crippen LogP contribution in [0.15, 0.2) is 24.3 Å². The van der Waals surface area contributed by atoms with Gasteiger partial charge in [-0.1, -0.05) is 25.1 Å². The highest BCUT2D eigenvalue weighted by Crippen LogP contribution is 2.26. The molecule has 0 aliphatic carbocycles. The van der Waals surface area contributed by atoms with Crippen molar-refractivity contribution < 1.29 is 18.7 Å². The second kappa shape index (κ2) is 5.65. The summed E-state index contributed by atoms with van der Waals surface area (Å²) in [6.45, 7) is 3.74. The van der Waals surface area contributed by atoms with Crippen LogP contribution in [0.25, 0.3) is 0 Å². The van der Waals surface area contributed by atoms with Gasteiger partial charge in [-0.3, -0.25) is 9.69 Å². The fourth-order valence-corrected chi connectivity index (χ4v) is 2.34. The van der Waals surface area contributed by atoms with Crippen molar-refractivity contribution in [3.05, 3.63) is 35.4 Å². The number of carbonyl (C=O) groups is 1. The van der Waals surface area contributed by atoms with Crippen molar-refractivity contribution in [2.75, 3.05) is 13.1 Å². The van der Waals surface area contributed by atoms with Gasteiger partial charge in [0.25, 0.3) is 6.43 Å². The first-order chi connectivity index (χ1) is 8.97. The Morgan fingerprint density at radius 3 is 2.74 bits per heavy atom. The molecule has 1 heterocycles. The van der Waals surface area contributed by atoms with Crippen LogP contribution in [0.5, 0.6) is 0 Å². The molecule has 1 saturated heterocycles. The Hall–Kier alpha value is -1.49. The van der Waals surface area contributed by atoms with Gasteiger partial charge in [0.05, 0.1) is 5.92 Å². The molecule has 1 fully saturated rings. The van der Waals surface area contributed by atoms with E-state index >= 15 is 0 Å².